The molecular weight excluding hydrogens is 273 g/mol. The average molecular weight is 291 g/mol. The zero-order valence-electron chi connectivity index (χ0n) is 12.0. The molecule has 2 rings (SSSR count). The Balaban J connectivity index is 1.88. The molecule has 112 valence electrons. The predicted molar refractivity (Wildman–Crippen MR) is 76.0 cm³/mol. The lowest BCUT2D eigenvalue weighted by atomic mass is 10.1. The Morgan fingerprint density at radius 2 is 2.14 bits per heavy atom. The Kier molecular flexibility index (Phi) is 4.75. The topological polar surface area (TPSA) is 62.5 Å². The van der Waals surface area contributed by atoms with Crippen molar-refractivity contribution in [2.24, 2.45) is 0 Å². The lowest BCUT2D eigenvalue weighted by molar-refractivity contribution is -0.123. The molecule has 1 aromatic carbocycles. The van der Waals surface area contributed by atoms with Gasteiger partial charge in [0, 0.05) is 12.1 Å². The van der Waals surface area contributed by atoms with Crippen LogP contribution in [0.3, 0.4) is 0 Å². The van der Waals surface area contributed by atoms with Gasteiger partial charge in [0.1, 0.15) is 17.3 Å². The number of aryl methyl sites for hydroxylation is 2. The SMILES string of the molecule is Cc1cc(CNC(=O)CC(O)c2cccc(F)c2)c(C)o1. The van der Waals surface area contributed by atoms with Crippen LogP contribution in [0.25, 0.3) is 0 Å². The highest BCUT2D eigenvalue weighted by Gasteiger charge is 2.14. The molecule has 0 bridgehead atoms. The fraction of sp³-hybridized carbons (Fsp3) is 0.312. The molecule has 0 radical (unpaired) electrons. The number of hydrogen-bond donors (Lipinski definition) is 2. The van der Waals surface area contributed by atoms with E-state index in [-0.39, 0.29) is 12.3 Å². The van der Waals surface area contributed by atoms with E-state index in [1.165, 1.54) is 18.2 Å². The van der Waals surface area contributed by atoms with Crippen molar-refractivity contribution in [1.29, 1.82) is 0 Å². The van der Waals surface area contributed by atoms with Crippen LogP contribution in [0.4, 0.5) is 4.39 Å². The van der Waals surface area contributed by atoms with Crippen molar-refractivity contribution in [3.05, 3.63) is 58.8 Å². The molecule has 0 aliphatic heterocycles. The first-order valence-electron chi connectivity index (χ1n) is 6.72. The molecule has 0 saturated carbocycles. The predicted octanol–water partition coefficient (Wildman–Crippen LogP) is 2.78. The molecule has 0 aliphatic rings. The van der Waals surface area contributed by atoms with Crippen molar-refractivity contribution in [1.82, 2.24) is 5.32 Å². The van der Waals surface area contributed by atoms with Gasteiger partial charge in [-0.15, -0.1) is 0 Å². The van der Waals surface area contributed by atoms with Crippen molar-refractivity contribution in [2.75, 3.05) is 0 Å². The van der Waals surface area contributed by atoms with Gasteiger partial charge in [-0.1, -0.05) is 12.1 Å². The van der Waals surface area contributed by atoms with E-state index in [0.717, 1.165) is 17.1 Å². The molecule has 2 N–H and O–H groups in total. The summed E-state index contributed by atoms with van der Waals surface area (Å²) in [5.74, 6) is 0.816. The van der Waals surface area contributed by atoms with Gasteiger partial charge in [-0.3, -0.25) is 4.79 Å². The maximum Gasteiger partial charge on any atom is 0.223 e. The van der Waals surface area contributed by atoms with Crippen LogP contribution in [-0.4, -0.2) is 11.0 Å². The molecule has 0 aliphatic carbocycles. The monoisotopic (exact) mass is 291 g/mol. The van der Waals surface area contributed by atoms with E-state index in [1.54, 1.807) is 6.07 Å². The van der Waals surface area contributed by atoms with Crippen LogP contribution in [0.1, 0.15) is 35.2 Å². The maximum atomic E-state index is 13.1. The van der Waals surface area contributed by atoms with Crippen LogP contribution < -0.4 is 5.32 Å². The lowest BCUT2D eigenvalue weighted by Crippen LogP contribution is -2.24. The molecule has 0 saturated heterocycles. The number of hydrogen-bond acceptors (Lipinski definition) is 3. The van der Waals surface area contributed by atoms with Crippen molar-refractivity contribution in [3.8, 4) is 0 Å². The van der Waals surface area contributed by atoms with Crippen molar-refractivity contribution >= 4 is 5.91 Å². The largest absolute Gasteiger partial charge is 0.466 e. The highest BCUT2D eigenvalue weighted by atomic mass is 19.1. The fourth-order valence-corrected chi connectivity index (χ4v) is 2.13. The Hall–Kier alpha value is -2.14. The van der Waals surface area contributed by atoms with E-state index in [2.05, 4.69) is 5.32 Å². The number of amides is 1. The first-order chi connectivity index (χ1) is 9.95. The van der Waals surface area contributed by atoms with Crippen LogP contribution in [0.5, 0.6) is 0 Å². The van der Waals surface area contributed by atoms with Gasteiger partial charge in [-0.25, -0.2) is 4.39 Å². The Morgan fingerprint density at radius 3 is 2.76 bits per heavy atom. The second-order valence-electron chi connectivity index (χ2n) is 4.99. The third-order valence-electron chi connectivity index (χ3n) is 3.23. The average Bonchev–Trinajstić information content (AvgIpc) is 2.74. The number of carbonyl (C=O) groups excluding carboxylic acids is 1. The first kappa shape index (κ1) is 15.3. The zero-order valence-corrected chi connectivity index (χ0v) is 12.0. The van der Waals surface area contributed by atoms with Crippen LogP contribution in [0.2, 0.25) is 0 Å². The molecule has 1 aromatic heterocycles. The normalized spacial score (nSPS) is 12.2. The zero-order chi connectivity index (χ0) is 15.4. The van der Waals surface area contributed by atoms with E-state index < -0.39 is 11.9 Å². The number of halogens is 1. The molecule has 2 aromatic rings. The molecule has 5 heteroatoms. The molecule has 1 heterocycles. The fourth-order valence-electron chi connectivity index (χ4n) is 2.13. The van der Waals surface area contributed by atoms with Crippen LogP contribution in [0, 0.1) is 19.7 Å². The molecular formula is C16H18FNO3. The minimum atomic E-state index is -1.02. The number of rotatable bonds is 5. The van der Waals surface area contributed by atoms with Gasteiger partial charge >= 0.3 is 0 Å². The van der Waals surface area contributed by atoms with Crippen molar-refractivity contribution in [2.45, 2.75) is 32.9 Å². The number of aliphatic hydroxyl groups is 1. The molecule has 1 atom stereocenters. The van der Waals surface area contributed by atoms with E-state index in [9.17, 15) is 14.3 Å². The molecule has 21 heavy (non-hydrogen) atoms. The van der Waals surface area contributed by atoms with Gasteiger partial charge in [-0.05, 0) is 37.6 Å². The van der Waals surface area contributed by atoms with Gasteiger partial charge in [0.05, 0.1) is 12.5 Å². The molecule has 1 unspecified atom stereocenters. The summed E-state index contributed by atoms with van der Waals surface area (Å²) in [6.45, 7) is 4.01. The lowest BCUT2D eigenvalue weighted by Gasteiger charge is -2.11. The smallest absolute Gasteiger partial charge is 0.223 e. The first-order valence-corrected chi connectivity index (χ1v) is 6.72. The summed E-state index contributed by atoms with van der Waals surface area (Å²) in [7, 11) is 0. The summed E-state index contributed by atoms with van der Waals surface area (Å²) in [6.07, 6.45) is -1.13. The van der Waals surface area contributed by atoms with Gasteiger partial charge in [0.15, 0.2) is 0 Å². The molecule has 0 spiro atoms. The number of furan rings is 1. The van der Waals surface area contributed by atoms with Crippen LogP contribution in [0.15, 0.2) is 34.7 Å². The summed E-state index contributed by atoms with van der Waals surface area (Å²) in [6, 6.07) is 7.47. The second-order valence-corrected chi connectivity index (χ2v) is 4.99. The summed E-state index contributed by atoms with van der Waals surface area (Å²) < 4.78 is 18.4. The van der Waals surface area contributed by atoms with Crippen molar-refractivity contribution < 1.29 is 18.7 Å². The number of aliphatic hydroxyl groups excluding tert-OH is 1. The third-order valence-corrected chi connectivity index (χ3v) is 3.23. The minimum absolute atomic E-state index is 0.112. The Labute approximate surface area is 122 Å². The number of carbonyl (C=O) groups is 1. The maximum absolute atomic E-state index is 13.1. The number of benzene rings is 1. The summed E-state index contributed by atoms with van der Waals surface area (Å²) in [4.78, 5) is 11.8. The molecule has 1 amide bonds. The molecule has 0 fully saturated rings. The second kappa shape index (κ2) is 6.54. The number of nitrogens with one attached hydrogen (secondary N) is 1. The van der Waals surface area contributed by atoms with Crippen molar-refractivity contribution in [3.63, 3.8) is 0 Å². The Morgan fingerprint density at radius 1 is 1.38 bits per heavy atom. The summed E-state index contributed by atoms with van der Waals surface area (Å²) >= 11 is 0. The quantitative estimate of drug-likeness (QED) is 0.890. The highest BCUT2D eigenvalue weighted by Crippen LogP contribution is 2.18. The highest BCUT2D eigenvalue weighted by molar-refractivity contribution is 5.76. The van der Waals surface area contributed by atoms with Gasteiger partial charge in [-0.2, -0.15) is 0 Å². The third kappa shape index (κ3) is 4.16. The minimum Gasteiger partial charge on any atom is -0.466 e. The Bertz CT molecular complexity index is 636. The summed E-state index contributed by atoms with van der Waals surface area (Å²) in [5.41, 5.74) is 1.29. The van der Waals surface area contributed by atoms with Gasteiger partial charge in [0.2, 0.25) is 5.91 Å². The van der Waals surface area contributed by atoms with Gasteiger partial charge < -0.3 is 14.8 Å². The standard InChI is InChI=1S/C16H18FNO3/c1-10-6-13(11(2)21-10)9-18-16(20)8-15(19)12-4-3-5-14(17)7-12/h3-7,15,19H,8-9H2,1-2H3,(H,18,20). The van der Waals surface area contributed by atoms with Crippen LogP contribution in [-0.2, 0) is 11.3 Å². The molecule has 4 nitrogen and oxygen atoms in total. The van der Waals surface area contributed by atoms with E-state index in [4.69, 9.17) is 4.42 Å². The van der Waals surface area contributed by atoms with E-state index in [1.807, 2.05) is 19.9 Å². The van der Waals surface area contributed by atoms with E-state index in [0.29, 0.717) is 12.1 Å². The summed E-state index contributed by atoms with van der Waals surface area (Å²) in [5, 5.41) is 12.6. The van der Waals surface area contributed by atoms with Gasteiger partial charge in [0.25, 0.3) is 0 Å². The van der Waals surface area contributed by atoms with Crippen LogP contribution >= 0.6 is 0 Å². The van der Waals surface area contributed by atoms with E-state index >= 15 is 0 Å².